The molecule has 0 spiro atoms. The first-order chi connectivity index (χ1) is 7.54. The average Bonchev–Trinajstić information content (AvgIpc) is 2.17. The molecule has 0 fully saturated rings. The zero-order chi connectivity index (χ0) is 12.1. The Labute approximate surface area is 101 Å². The number of nitro benzene ring substituents is 1. The standard InChI is InChI=1S/C10H12BrNO4/c1-16-6-9(13)5-7-4-8(11)2-3-10(7)12(14)15/h2-4,9,13H,5-6H2,1H3. The number of nitrogens with zero attached hydrogens (tertiary/aromatic N) is 1. The minimum Gasteiger partial charge on any atom is -0.390 e. The summed E-state index contributed by atoms with van der Waals surface area (Å²) >= 11 is 3.24. The lowest BCUT2D eigenvalue weighted by atomic mass is 10.1. The van der Waals surface area contributed by atoms with Crippen LogP contribution in [0.3, 0.4) is 0 Å². The van der Waals surface area contributed by atoms with Gasteiger partial charge in [0.1, 0.15) is 0 Å². The van der Waals surface area contributed by atoms with E-state index in [0.717, 1.165) is 4.47 Å². The fraction of sp³-hybridized carbons (Fsp3) is 0.400. The minimum absolute atomic E-state index is 0.0124. The predicted octanol–water partition coefficient (Wildman–Crippen LogP) is 1.91. The smallest absolute Gasteiger partial charge is 0.272 e. The molecule has 0 radical (unpaired) electrons. The van der Waals surface area contributed by atoms with Crippen LogP contribution in [0.1, 0.15) is 5.56 Å². The van der Waals surface area contributed by atoms with Gasteiger partial charge < -0.3 is 9.84 Å². The SMILES string of the molecule is COCC(O)Cc1cc(Br)ccc1[N+](=O)[O-]. The Bertz CT molecular complexity index is 383. The number of halogens is 1. The fourth-order valence-corrected chi connectivity index (χ4v) is 1.81. The van der Waals surface area contributed by atoms with Crippen LogP contribution in [-0.2, 0) is 11.2 Å². The van der Waals surface area contributed by atoms with E-state index in [1.165, 1.54) is 13.2 Å². The third-order valence-electron chi connectivity index (χ3n) is 2.05. The van der Waals surface area contributed by atoms with Crippen molar-refractivity contribution in [2.45, 2.75) is 12.5 Å². The molecule has 0 aliphatic heterocycles. The van der Waals surface area contributed by atoms with E-state index < -0.39 is 11.0 Å². The van der Waals surface area contributed by atoms with Gasteiger partial charge in [-0.1, -0.05) is 15.9 Å². The summed E-state index contributed by atoms with van der Waals surface area (Å²) in [6.45, 7) is 0.156. The molecule has 0 aliphatic carbocycles. The molecule has 1 rings (SSSR count). The van der Waals surface area contributed by atoms with Crippen LogP contribution in [0.4, 0.5) is 5.69 Å². The van der Waals surface area contributed by atoms with Crippen molar-refractivity contribution in [3.8, 4) is 0 Å². The van der Waals surface area contributed by atoms with Crippen LogP contribution in [0.15, 0.2) is 22.7 Å². The van der Waals surface area contributed by atoms with Crippen molar-refractivity contribution < 1.29 is 14.8 Å². The molecule has 16 heavy (non-hydrogen) atoms. The molecular weight excluding hydrogens is 278 g/mol. The molecule has 1 atom stereocenters. The molecule has 0 aliphatic rings. The highest BCUT2D eigenvalue weighted by atomic mass is 79.9. The van der Waals surface area contributed by atoms with E-state index in [2.05, 4.69) is 15.9 Å². The highest BCUT2D eigenvalue weighted by molar-refractivity contribution is 9.10. The average molecular weight is 290 g/mol. The summed E-state index contributed by atoms with van der Waals surface area (Å²) in [5.74, 6) is 0. The third kappa shape index (κ3) is 3.55. The molecule has 1 aromatic carbocycles. The first-order valence-corrected chi connectivity index (χ1v) is 5.43. The van der Waals surface area contributed by atoms with E-state index in [9.17, 15) is 15.2 Å². The Morgan fingerprint density at radius 3 is 2.88 bits per heavy atom. The van der Waals surface area contributed by atoms with E-state index in [4.69, 9.17) is 4.74 Å². The molecule has 0 saturated carbocycles. The molecule has 1 N–H and O–H groups in total. The highest BCUT2D eigenvalue weighted by Crippen LogP contribution is 2.24. The molecule has 88 valence electrons. The van der Waals surface area contributed by atoms with Gasteiger partial charge in [0.15, 0.2) is 0 Å². The van der Waals surface area contributed by atoms with Crippen LogP contribution in [0.2, 0.25) is 0 Å². The van der Waals surface area contributed by atoms with Crippen LogP contribution < -0.4 is 0 Å². The van der Waals surface area contributed by atoms with E-state index in [1.807, 2.05) is 0 Å². The summed E-state index contributed by atoms with van der Waals surface area (Å²) in [6, 6.07) is 4.65. The summed E-state index contributed by atoms with van der Waals surface area (Å²) in [4.78, 5) is 10.3. The highest BCUT2D eigenvalue weighted by Gasteiger charge is 2.16. The van der Waals surface area contributed by atoms with Crippen molar-refractivity contribution in [2.75, 3.05) is 13.7 Å². The maximum atomic E-state index is 10.7. The van der Waals surface area contributed by atoms with Gasteiger partial charge in [-0.15, -0.1) is 0 Å². The Kier molecular flexibility index (Phi) is 4.85. The topological polar surface area (TPSA) is 72.6 Å². The van der Waals surface area contributed by atoms with E-state index >= 15 is 0 Å². The van der Waals surface area contributed by atoms with Gasteiger partial charge in [0.05, 0.1) is 17.6 Å². The molecule has 0 saturated heterocycles. The first-order valence-electron chi connectivity index (χ1n) is 4.64. The quantitative estimate of drug-likeness (QED) is 0.664. The maximum Gasteiger partial charge on any atom is 0.272 e. The largest absolute Gasteiger partial charge is 0.390 e. The number of methoxy groups -OCH3 is 1. The summed E-state index contributed by atoms with van der Waals surface area (Å²) in [5.41, 5.74) is 0.502. The van der Waals surface area contributed by atoms with Crippen molar-refractivity contribution in [1.82, 2.24) is 0 Å². The normalized spacial score (nSPS) is 12.4. The molecule has 0 aromatic heterocycles. The Morgan fingerprint density at radius 1 is 1.62 bits per heavy atom. The lowest BCUT2D eigenvalue weighted by Crippen LogP contribution is -2.17. The predicted molar refractivity (Wildman–Crippen MR) is 62.4 cm³/mol. The number of nitro groups is 1. The van der Waals surface area contributed by atoms with E-state index in [0.29, 0.717) is 5.56 Å². The Morgan fingerprint density at radius 2 is 2.31 bits per heavy atom. The Hall–Kier alpha value is -0.980. The van der Waals surface area contributed by atoms with Gasteiger partial charge in [-0.25, -0.2) is 0 Å². The Balaban J connectivity index is 2.92. The first kappa shape index (κ1) is 13.1. The number of ether oxygens (including phenoxy) is 1. The van der Waals surface area contributed by atoms with Crippen LogP contribution in [0.25, 0.3) is 0 Å². The number of benzene rings is 1. The van der Waals surface area contributed by atoms with Crippen molar-refractivity contribution in [3.63, 3.8) is 0 Å². The van der Waals surface area contributed by atoms with Gasteiger partial charge in [0, 0.05) is 29.6 Å². The second-order valence-electron chi connectivity index (χ2n) is 3.34. The summed E-state index contributed by atoms with van der Waals surface area (Å²) in [5, 5.41) is 20.3. The van der Waals surface area contributed by atoms with Crippen molar-refractivity contribution in [3.05, 3.63) is 38.3 Å². The van der Waals surface area contributed by atoms with Crippen molar-refractivity contribution in [1.29, 1.82) is 0 Å². The summed E-state index contributed by atoms with van der Waals surface area (Å²) < 4.78 is 5.52. The molecule has 6 heteroatoms. The summed E-state index contributed by atoms with van der Waals surface area (Å²) in [6.07, 6.45) is -0.540. The minimum atomic E-state index is -0.738. The molecule has 5 nitrogen and oxygen atoms in total. The van der Waals surface area contributed by atoms with Gasteiger partial charge in [0.25, 0.3) is 5.69 Å². The summed E-state index contributed by atoms with van der Waals surface area (Å²) in [7, 11) is 1.47. The second-order valence-corrected chi connectivity index (χ2v) is 4.26. The van der Waals surface area contributed by atoms with Gasteiger partial charge in [-0.2, -0.15) is 0 Å². The molecule has 0 bridgehead atoms. The van der Waals surface area contributed by atoms with Gasteiger partial charge in [-0.3, -0.25) is 10.1 Å². The maximum absolute atomic E-state index is 10.7. The van der Waals surface area contributed by atoms with Gasteiger partial charge in [-0.05, 0) is 12.1 Å². The zero-order valence-corrected chi connectivity index (χ0v) is 10.3. The van der Waals surface area contributed by atoms with Crippen LogP contribution in [0.5, 0.6) is 0 Å². The van der Waals surface area contributed by atoms with E-state index in [1.54, 1.807) is 12.1 Å². The van der Waals surface area contributed by atoms with Crippen molar-refractivity contribution >= 4 is 21.6 Å². The van der Waals surface area contributed by atoms with Gasteiger partial charge >= 0.3 is 0 Å². The molecule has 0 heterocycles. The van der Waals surface area contributed by atoms with Crippen LogP contribution >= 0.6 is 15.9 Å². The second kappa shape index (κ2) is 5.93. The molecule has 1 unspecified atom stereocenters. The molecule has 0 amide bonds. The number of aliphatic hydroxyl groups is 1. The van der Waals surface area contributed by atoms with E-state index in [-0.39, 0.29) is 18.7 Å². The van der Waals surface area contributed by atoms with Gasteiger partial charge in [0.2, 0.25) is 0 Å². The number of hydrogen-bond acceptors (Lipinski definition) is 4. The van der Waals surface area contributed by atoms with Crippen LogP contribution in [-0.4, -0.2) is 29.9 Å². The molecular formula is C10H12BrNO4. The monoisotopic (exact) mass is 289 g/mol. The number of aliphatic hydroxyl groups excluding tert-OH is 1. The number of hydrogen-bond donors (Lipinski definition) is 1. The van der Waals surface area contributed by atoms with Crippen molar-refractivity contribution in [2.24, 2.45) is 0 Å². The zero-order valence-electron chi connectivity index (χ0n) is 8.72. The lowest BCUT2D eigenvalue weighted by Gasteiger charge is -2.09. The van der Waals surface area contributed by atoms with Crippen LogP contribution in [0, 0.1) is 10.1 Å². The lowest BCUT2D eigenvalue weighted by molar-refractivity contribution is -0.385. The molecule has 1 aromatic rings. The fourth-order valence-electron chi connectivity index (χ4n) is 1.40. The number of rotatable bonds is 5. The third-order valence-corrected chi connectivity index (χ3v) is 2.55.